The molecule has 5 aromatic carbocycles. The zero-order chi connectivity index (χ0) is 45.1. The van der Waals surface area contributed by atoms with Crippen molar-refractivity contribution in [1.82, 2.24) is 4.98 Å². The number of benzene rings is 5. The number of hydrogen-bond donors (Lipinski definition) is 1. The van der Waals surface area contributed by atoms with Crippen LogP contribution in [0.25, 0.3) is 21.7 Å². The molecular weight excluding hydrogens is 819 g/mol. The van der Waals surface area contributed by atoms with Crippen molar-refractivity contribution >= 4 is 45.6 Å². The average Bonchev–Trinajstić information content (AvgIpc) is 3.31. The molecule has 0 radical (unpaired) electrons. The van der Waals surface area contributed by atoms with Crippen LogP contribution in [0.4, 0.5) is 0 Å². The number of phenols is 1. The molecule has 0 aliphatic heterocycles. The molecule has 330 valence electrons. The second-order valence-corrected chi connectivity index (χ2v) is 14.5. The van der Waals surface area contributed by atoms with Crippen molar-refractivity contribution in [1.29, 1.82) is 0 Å². The van der Waals surface area contributed by atoms with Gasteiger partial charge in [0.2, 0.25) is 5.88 Å². The highest BCUT2D eigenvalue weighted by Gasteiger charge is 2.17. The minimum Gasteiger partial charge on any atom is -0.508 e. The summed E-state index contributed by atoms with van der Waals surface area (Å²) in [6.45, 7) is 8.51. The Labute approximate surface area is 370 Å². The van der Waals surface area contributed by atoms with Crippen molar-refractivity contribution in [3.63, 3.8) is 0 Å². The van der Waals surface area contributed by atoms with Crippen molar-refractivity contribution < 1.29 is 57.4 Å². The molecule has 0 saturated heterocycles. The van der Waals surface area contributed by atoms with E-state index < -0.39 is 23.9 Å². The Morgan fingerprint density at radius 3 is 1.42 bits per heavy atom. The first-order chi connectivity index (χ1) is 31.2. The summed E-state index contributed by atoms with van der Waals surface area (Å²) in [7, 11) is 0. The van der Waals surface area contributed by atoms with Crippen LogP contribution in [-0.4, -0.2) is 60.4 Å². The van der Waals surface area contributed by atoms with E-state index in [2.05, 4.69) is 13.2 Å². The quantitative estimate of drug-likeness (QED) is 0.0201. The van der Waals surface area contributed by atoms with Crippen LogP contribution in [0.1, 0.15) is 72.1 Å². The summed E-state index contributed by atoms with van der Waals surface area (Å²) < 4.78 is 39.4. The van der Waals surface area contributed by atoms with Crippen molar-refractivity contribution in [2.45, 2.75) is 51.4 Å². The SMILES string of the molecule is C=CC(=O)OCCCCCCOc1ccc(C(=O)Oc2ccc3c(c2)nc(Oc2ccc(O)cc2)c2cc(OC(=O)c4ccc(OCCCCCCOC(=O)C=C)cc4)ccc23)cc1. The fourth-order valence-corrected chi connectivity index (χ4v) is 6.43. The third-order valence-electron chi connectivity index (χ3n) is 9.79. The highest BCUT2D eigenvalue weighted by Crippen LogP contribution is 2.37. The number of hydrogen-bond acceptors (Lipinski definition) is 13. The van der Waals surface area contributed by atoms with Gasteiger partial charge in [0, 0.05) is 29.0 Å². The predicted octanol–water partition coefficient (Wildman–Crippen LogP) is 10.7. The second-order valence-electron chi connectivity index (χ2n) is 14.5. The number of esters is 4. The summed E-state index contributed by atoms with van der Waals surface area (Å²) in [5, 5.41) is 11.9. The molecule has 0 amide bonds. The Hall–Kier alpha value is -7.67. The fraction of sp³-hybridized carbons (Fsp3) is 0.235. The maximum Gasteiger partial charge on any atom is 0.343 e. The van der Waals surface area contributed by atoms with Gasteiger partial charge in [-0.05, 0) is 160 Å². The molecule has 1 N–H and O–H groups in total. The molecule has 0 atom stereocenters. The molecular formula is C51H49NO12. The summed E-state index contributed by atoms with van der Waals surface area (Å²) in [5.41, 5.74) is 1.14. The average molecular weight is 868 g/mol. The summed E-state index contributed by atoms with van der Waals surface area (Å²) in [5.74, 6) is 0.469. The molecule has 0 spiro atoms. The van der Waals surface area contributed by atoms with Crippen LogP contribution in [-0.2, 0) is 19.1 Å². The number of unbranched alkanes of at least 4 members (excludes halogenated alkanes) is 6. The van der Waals surface area contributed by atoms with Crippen molar-refractivity contribution in [3.8, 4) is 40.4 Å². The fourth-order valence-electron chi connectivity index (χ4n) is 6.43. The highest BCUT2D eigenvalue weighted by molar-refractivity contribution is 6.09. The maximum atomic E-state index is 13.3. The third kappa shape index (κ3) is 13.7. The first-order valence-corrected chi connectivity index (χ1v) is 21.0. The van der Waals surface area contributed by atoms with Crippen molar-refractivity contribution in [3.05, 3.63) is 146 Å². The van der Waals surface area contributed by atoms with Crippen LogP contribution in [0.2, 0.25) is 0 Å². The lowest BCUT2D eigenvalue weighted by atomic mass is 10.1. The van der Waals surface area contributed by atoms with Gasteiger partial charge in [-0.2, -0.15) is 0 Å². The lowest BCUT2D eigenvalue weighted by Crippen LogP contribution is -2.09. The summed E-state index contributed by atoms with van der Waals surface area (Å²) in [6, 6.07) is 29.8. The number of pyridine rings is 1. The highest BCUT2D eigenvalue weighted by atomic mass is 16.5. The number of aromatic nitrogens is 1. The number of carbonyl (C=O) groups is 4. The van der Waals surface area contributed by atoms with Crippen LogP contribution in [0.3, 0.4) is 0 Å². The van der Waals surface area contributed by atoms with E-state index in [-0.39, 0.29) is 23.1 Å². The number of aromatic hydroxyl groups is 1. The van der Waals surface area contributed by atoms with Gasteiger partial charge in [-0.3, -0.25) is 0 Å². The van der Waals surface area contributed by atoms with E-state index in [1.54, 1.807) is 97.1 Å². The number of rotatable bonds is 24. The Morgan fingerprint density at radius 1 is 0.484 bits per heavy atom. The number of fused-ring (bicyclic) bond motifs is 3. The molecule has 0 bridgehead atoms. The zero-order valence-electron chi connectivity index (χ0n) is 35.3. The van der Waals surface area contributed by atoms with Gasteiger partial charge in [0.1, 0.15) is 34.5 Å². The zero-order valence-corrected chi connectivity index (χ0v) is 35.3. The molecule has 0 aliphatic rings. The van der Waals surface area contributed by atoms with Crippen LogP contribution < -0.4 is 23.7 Å². The largest absolute Gasteiger partial charge is 0.508 e. The summed E-state index contributed by atoms with van der Waals surface area (Å²) in [6.07, 6.45) is 9.15. The molecule has 13 nitrogen and oxygen atoms in total. The molecule has 6 rings (SSSR count). The van der Waals surface area contributed by atoms with E-state index in [4.69, 9.17) is 38.1 Å². The van der Waals surface area contributed by atoms with E-state index in [1.165, 1.54) is 12.1 Å². The van der Waals surface area contributed by atoms with Gasteiger partial charge in [0.05, 0.1) is 43.1 Å². The van der Waals surface area contributed by atoms with Gasteiger partial charge in [0.15, 0.2) is 0 Å². The van der Waals surface area contributed by atoms with E-state index >= 15 is 0 Å². The monoisotopic (exact) mass is 867 g/mol. The van der Waals surface area contributed by atoms with E-state index in [9.17, 15) is 24.3 Å². The minimum atomic E-state index is -0.569. The van der Waals surface area contributed by atoms with Crippen molar-refractivity contribution in [2.24, 2.45) is 0 Å². The molecule has 0 unspecified atom stereocenters. The van der Waals surface area contributed by atoms with Gasteiger partial charge < -0.3 is 38.3 Å². The maximum absolute atomic E-state index is 13.3. The van der Waals surface area contributed by atoms with Gasteiger partial charge in [-0.25, -0.2) is 24.2 Å². The minimum absolute atomic E-state index is 0.0671. The topological polar surface area (TPSA) is 166 Å². The molecule has 13 heteroatoms. The number of ether oxygens (including phenoxy) is 7. The standard InChI is InChI=1S/C51H49NO12/c1-3-47(54)60-31-11-7-5-9-29-58-38-19-13-35(14-20-38)50(56)63-41-25-27-43-44-28-26-42(34-46(44)52-49(45(43)33-41)62-40-23-17-37(53)18-24-40)64-51(57)36-15-21-39(22-16-36)59-30-10-6-8-12-32-61-48(55)4-2/h3-4,13-28,33-34,53H,1-2,5-12,29-32H2. The molecule has 0 fully saturated rings. The third-order valence-corrected chi connectivity index (χ3v) is 9.79. The van der Waals surface area contributed by atoms with Crippen LogP contribution in [0, 0.1) is 0 Å². The van der Waals surface area contributed by atoms with Gasteiger partial charge in [0.25, 0.3) is 0 Å². The smallest absolute Gasteiger partial charge is 0.343 e. The lowest BCUT2D eigenvalue weighted by Gasteiger charge is -2.13. The number of nitrogens with zero attached hydrogens (tertiary/aromatic N) is 1. The second kappa shape index (κ2) is 23.5. The Bertz CT molecular complexity index is 2550. The lowest BCUT2D eigenvalue weighted by molar-refractivity contribution is -0.138. The first-order valence-electron chi connectivity index (χ1n) is 21.0. The van der Waals surface area contributed by atoms with Gasteiger partial charge in [-0.15, -0.1) is 0 Å². The molecule has 64 heavy (non-hydrogen) atoms. The van der Waals surface area contributed by atoms with Crippen molar-refractivity contribution in [2.75, 3.05) is 26.4 Å². The van der Waals surface area contributed by atoms with Crippen LogP contribution in [0.15, 0.2) is 135 Å². The first kappa shape index (κ1) is 45.8. The van der Waals surface area contributed by atoms with Crippen LogP contribution >= 0.6 is 0 Å². The van der Waals surface area contributed by atoms with Gasteiger partial charge in [-0.1, -0.05) is 13.2 Å². The molecule has 0 aliphatic carbocycles. The van der Waals surface area contributed by atoms with E-state index in [0.717, 1.165) is 74.3 Å². The normalized spacial score (nSPS) is 10.8. The Balaban J connectivity index is 1.07. The molecule has 1 heterocycles. The van der Waals surface area contributed by atoms with E-state index in [1.807, 2.05) is 0 Å². The van der Waals surface area contributed by atoms with E-state index in [0.29, 0.717) is 65.7 Å². The van der Waals surface area contributed by atoms with Crippen LogP contribution in [0.5, 0.6) is 40.4 Å². The summed E-state index contributed by atoms with van der Waals surface area (Å²) in [4.78, 5) is 53.5. The Kier molecular flexibility index (Phi) is 16.8. The molecule has 6 aromatic rings. The van der Waals surface area contributed by atoms with Gasteiger partial charge >= 0.3 is 23.9 Å². The Morgan fingerprint density at radius 2 is 0.922 bits per heavy atom. The number of carbonyl (C=O) groups excluding carboxylic acids is 4. The summed E-state index contributed by atoms with van der Waals surface area (Å²) >= 11 is 0. The molecule has 0 saturated carbocycles. The number of phenolic OH excluding ortho intramolecular Hbond substituents is 1. The predicted molar refractivity (Wildman–Crippen MR) is 240 cm³/mol. The molecule has 1 aromatic heterocycles.